The van der Waals surface area contributed by atoms with Gasteiger partial charge in [0.25, 0.3) is 0 Å². The summed E-state index contributed by atoms with van der Waals surface area (Å²) in [5.41, 5.74) is 2.42. The lowest BCUT2D eigenvalue weighted by atomic mass is 9.97. The van der Waals surface area contributed by atoms with Gasteiger partial charge >= 0.3 is 5.97 Å². The molecule has 3 rings (SSSR count). The van der Waals surface area contributed by atoms with Gasteiger partial charge in [-0.15, -0.1) is 0 Å². The van der Waals surface area contributed by atoms with Gasteiger partial charge in [-0.25, -0.2) is 0 Å². The summed E-state index contributed by atoms with van der Waals surface area (Å²) in [6.07, 6.45) is 2.47. The number of hydrogen-bond donors (Lipinski definition) is 3. The fourth-order valence-electron chi connectivity index (χ4n) is 3.13. The fourth-order valence-corrected chi connectivity index (χ4v) is 4.01. The maximum absolute atomic E-state index is 11.4. The molecule has 1 saturated carbocycles. The van der Waals surface area contributed by atoms with Crippen LogP contribution in [0.25, 0.3) is 10.8 Å². The summed E-state index contributed by atoms with van der Waals surface area (Å²) >= 11 is 0.958. The Morgan fingerprint density at radius 3 is 2.37 bits per heavy atom. The topological polar surface area (TPSA) is 88.2 Å². The Hall–Kier alpha value is -2.34. The molecule has 0 atom stereocenters. The van der Waals surface area contributed by atoms with Crippen molar-refractivity contribution < 1.29 is 9.90 Å². The van der Waals surface area contributed by atoms with Gasteiger partial charge in [0.1, 0.15) is 4.75 Å². The molecule has 27 heavy (non-hydrogen) atoms. The summed E-state index contributed by atoms with van der Waals surface area (Å²) in [7, 11) is 0. The number of carboxylic acid groups (broad SMARTS) is 1. The lowest BCUT2D eigenvalue weighted by Gasteiger charge is -2.28. The van der Waals surface area contributed by atoms with Crippen LogP contribution in [0.1, 0.15) is 50.7 Å². The van der Waals surface area contributed by atoms with Crippen LogP contribution in [0.2, 0.25) is 0 Å². The van der Waals surface area contributed by atoms with Gasteiger partial charge in [0, 0.05) is 0 Å². The highest BCUT2D eigenvalue weighted by Crippen LogP contribution is 2.43. The molecule has 0 unspecified atom stereocenters. The van der Waals surface area contributed by atoms with Crippen molar-refractivity contribution in [3.63, 3.8) is 0 Å². The van der Waals surface area contributed by atoms with Crippen molar-refractivity contribution in [1.82, 2.24) is 4.90 Å². The summed E-state index contributed by atoms with van der Waals surface area (Å²) in [5, 5.41) is 28.3. The molecule has 0 amide bonds. The van der Waals surface area contributed by atoms with Crippen molar-refractivity contribution in [2.75, 3.05) is 0 Å². The highest BCUT2D eigenvalue weighted by Gasteiger charge is 2.32. The van der Waals surface area contributed by atoms with Gasteiger partial charge in [-0.2, -0.15) is 0 Å². The van der Waals surface area contributed by atoms with Crippen LogP contribution in [0.15, 0.2) is 36.4 Å². The van der Waals surface area contributed by atoms with Crippen LogP contribution in [0.5, 0.6) is 0 Å². The first kappa shape index (κ1) is 19.4. The van der Waals surface area contributed by atoms with Gasteiger partial charge in [-0.3, -0.25) is 15.6 Å². The molecular weight excluding hydrogens is 358 g/mol. The van der Waals surface area contributed by atoms with Crippen molar-refractivity contribution in [3.8, 4) is 0 Å². The third kappa shape index (κ3) is 4.16. The average molecular weight is 384 g/mol. The van der Waals surface area contributed by atoms with E-state index in [4.69, 9.17) is 10.8 Å². The van der Waals surface area contributed by atoms with Crippen LogP contribution >= 0.6 is 11.8 Å². The number of nitrogens with zero attached hydrogens (tertiary/aromatic N) is 1. The van der Waals surface area contributed by atoms with E-state index in [-0.39, 0.29) is 11.0 Å². The quantitative estimate of drug-likeness (QED) is 0.498. The lowest BCUT2D eigenvalue weighted by Crippen LogP contribution is -2.37. The van der Waals surface area contributed by atoms with Crippen LogP contribution in [0.4, 0.5) is 0 Å². The van der Waals surface area contributed by atoms with E-state index in [1.165, 1.54) is 23.8 Å². The van der Waals surface area contributed by atoms with Crippen LogP contribution < -0.4 is 0 Å². The molecule has 0 saturated heterocycles. The van der Waals surface area contributed by atoms with E-state index in [1.54, 1.807) is 25.7 Å². The zero-order chi connectivity index (χ0) is 19.8. The highest BCUT2D eigenvalue weighted by molar-refractivity contribution is 8.15. The molecule has 0 heterocycles. The van der Waals surface area contributed by atoms with E-state index < -0.39 is 10.7 Å². The number of nitrogens with one attached hydrogen (secondary N) is 2. The molecule has 0 bridgehead atoms. The number of carbonyl (C=O) groups is 1. The van der Waals surface area contributed by atoms with E-state index in [0.717, 1.165) is 22.7 Å². The number of hydrogen-bond acceptors (Lipinski definition) is 4. The Morgan fingerprint density at radius 1 is 1.19 bits per heavy atom. The van der Waals surface area contributed by atoms with E-state index in [0.29, 0.717) is 12.5 Å². The first-order chi connectivity index (χ1) is 12.7. The van der Waals surface area contributed by atoms with Crippen LogP contribution in [0, 0.1) is 10.8 Å². The van der Waals surface area contributed by atoms with Crippen LogP contribution in [-0.2, 0) is 11.3 Å². The third-order valence-corrected chi connectivity index (χ3v) is 6.01. The Balaban J connectivity index is 1.91. The predicted molar refractivity (Wildman–Crippen MR) is 112 cm³/mol. The number of aliphatic carboxylic acids is 1. The Morgan fingerprint density at radius 2 is 1.81 bits per heavy atom. The Bertz CT molecular complexity index is 919. The number of thioether (sulfide) groups is 1. The first-order valence-electron chi connectivity index (χ1n) is 9.05. The molecule has 2 aromatic carbocycles. The maximum atomic E-state index is 11.4. The molecule has 0 spiro atoms. The van der Waals surface area contributed by atoms with E-state index >= 15 is 0 Å². The molecule has 142 valence electrons. The summed E-state index contributed by atoms with van der Waals surface area (Å²) in [6, 6.07) is 12.5. The average Bonchev–Trinajstić information content (AvgIpc) is 3.43. The highest BCUT2D eigenvalue weighted by atomic mass is 32.2. The zero-order valence-electron chi connectivity index (χ0n) is 15.9. The van der Waals surface area contributed by atoms with Crippen LogP contribution in [0.3, 0.4) is 0 Å². The van der Waals surface area contributed by atoms with Crippen molar-refractivity contribution >= 4 is 39.5 Å². The zero-order valence-corrected chi connectivity index (χ0v) is 16.7. The SMILES string of the molecule is CC(=N)N(Cc1ccc(C2CC2)c2ccccc12)C(=N)SC(C)(C)C(=O)O. The second-order valence-electron chi connectivity index (χ2n) is 7.53. The van der Waals surface area contributed by atoms with E-state index in [1.807, 2.05) is 12.1 Å². The Labute approximate surface area is 163 Å². The Kier molecular flexibility index (Phi) is 5.29. The second kappa shape index (κ2) is 7.35. The summed E-state index contributed by atoms with van der Waals surface area (Å²) in [6.45, 7) is 5.16. The van der Waals surface area contributed by atoms with Gasteiger partial charge in [0.05, 0.1) is 12.4 Å². The second-order valence-corrected chi connectivity index (χ2v) is 9.14. The number of carboxylic acids is 1. The number of benzene rings is 2. The third-order valence-electron chi connectivity index (χ3n) is 4.91. The molecule has 0 aliphatic heterocycles. The van der Waals surface area contributed by atoms with Crippen LogP contribution in [-0.4, -0.2) is 31.7 Å². The molecule has 1 aliphatic rings. The standard InChI is InChI=1S/C21H25N3O2S/c1-13(22)24(20(23)27-21(2,3)19(25)26)12-15-10-11-17(14-8-9-14)18-7-5-4-6-16(15)18/h4-7,10-11,14,22-23H,8-9,12H2,1-3H3,(H,25,26). The van der Waals surface area contributed by atoms with Crippen molar-refractivity contribution in [1.29, 1.82) is 10.8 Å². The van der Waals surface area contributed by atoms with Gasteiger partial charge in [-0.1, -0.05) is 48.2 Å². The first-order valence-corrected chi connectivity index (χ1v) is 9.86. The molecule has 5 nitrogen and oxygen atoms in total. The largest absolute Gasteiger partial charge is 0.480 e. The van der Waals surface area contributed by atoms with Crippen molar-refractivity contribution in [2.45, 2.75) is 50.8 Å². The van der Waals surface area contributed by atoms with E-state index in [9.17, 15) is 9.90 Å². The predicted octanol–water partition coefficient (Wildman–Crippen LogP) is 5.05. The van der Waals surface area contributed by atoms with Gasteiger partial charge in [-0.05, 0) is 61.4 Å². The van der Waals surface area contributed by atoms with E-state index in [2.05, 4.69) is 24.3 Å². The summed E-state index contributed by atoms with van der Waals surface area (Å²) in [5.74, 6) is -0.0992. The molecule has 1 fully saturated rings. The molecular formula is C21H25N3O2S. The molecule has 6 heteroatoms. The van der Waals surface area contributed by atoms with Crippen molar-refractivity contribution in [3.05, 3.63) is 47.5 Å². The monoisotopic (exact) mass is 383 g/mol. The normalized spacial score (nSPS) is 14.2. The molecule has 2 aromatic rings. The molecule has 3 N–H and O–H groups in total. The van der Waals surface area contributed by atoms with Gasteiger partial charge in [0.2, 0.25) is 0 Å². The minimum atomic E-state index is -1.12. The summed E-state index contributed by atoms with van der Waals surface area (Å²) < 4.78 is -1.12. The fraction of sp³-hybridized carbons (Fsp3) is 0.381. The van der Waals surface area contributed by atoms with Gasteiger partial charge in [0.15, 0.2) is 5.17 Å². The maximum Gasteiger partial charge on any atom is 0.319 e. The number of fused-ring (bicyclic) bond motifs is 1. The minimum Gasteiger partial charge on any atom is -0.480 e. The number of rotatable bonds is 5. The summed E-state index contributed by atoms with van der Waals surface area (Å²) in [4.78, 5) is 13.0. The van der Waals surface area contributed by atoms with Crippen molar-refractivity contribution in [2.24, 2.45) is 0 Å². The lowest BCUT2D eigenvalue weighted by molar-refractivity contribution is -0.138. The van der Waals surface area contributed by atoms with Gasteiger partial charge < -0.3 is 10.0 Å². The molecule has 0 radical (unpaired) electrons. The molecule has 0 aromatic heterocycles. The minimum absolute atomic E-state index is 0.0743. The number of amidine groups is 2. The smallest absolute Gasteiger partial charge is 0.319 e. The molecule has 1 aliphatic carbocycles.